The van der Waals surface area contributed by atoms with Gasteiger partial charge in [0.2, 0.25) is 0 Å². The van der Waals surface area contributed by atoms with Crippen LogP contribution in [0.25, 0.3) is 0 Å². The Morgan fingerprint density at radius 2 is 2.15 bits per heavy atom. The monoisotopic (exact) mass is 279 g/mol. The largest absolute Gasteiger partial charge is 0.394 e. The van der Waals surface area contributed by atoms with Crippen molar-refractivity contribution in [1.29, 1.82) is 0 Å². The lowest BCUT2D eigenvalue weighted by Crippen LogP contribution is -2.41. The molecule has 1 aliphatic rings. The van der Waals surface area contributed by atoms with Crippen LogP contribution in [0.2, 0.25) is 0 Å². The summed E-state index contributed by atoms with van der Waals surface area (Å²) in [7, 11) is 0. The zero-order chi connectivity index (χ0) is 14.5. The fourth-order valence-corrected chi connectivity index (χ4v) is 2.33. The van der Waals surface area contributed by atoms with Gasteiger partial charge >= 0.3 is 0 Å². The number of nitrogens with one attached hydrogen (secondary N) is 3. The molecule has 0 amide bonds. The molecule has 0 fully saturated rings. The van der Waals surface area contributed by atoms with E-state index in [4.69, 9.17) is 5.11 Å². The Morgan fingerprint density at radius 1 is 1.35 bits per heavy atom. The van der Waals surface area contributed by atoms with Crippen LogP contribution in [0.15, 0.2) is 9.79 Å². The molecule has 1 aliphatic heterocycles. The summed E-state index contributed by atoms with van der Waals surface area (Å²) >= 11 is 0. The Kier molecular flexibility index (Phi) is 4.73. The summed E-state index contributed by atoms with van der Waals surface area (Å²) in [5.74, 6) is 0.625. The molecule has 0 saturated carbocycles. The third-order valence-corrected chi connectivity index (χ3v) is 3.43. The number of hydrogen-bond donors (Lipinski definition) is 4. The predicted molar refractivity (Wildman–Crippen MR) is 76.8 cm³/mol. The third kappa shape index (κ3) is 2.98. The summed E-state index contributed by atoms with van der Waals surface area (Å²) in [5.41, 5.74) is 2.47. The number of rotatable bonds is 5. The van der Waals surface area contributed by atoms with Gasteiger partial charge in [0.1, 0.15) is 0 Å². The van der Waals surface area contributed by atoms with Crippen molar-refractivity contribution in [3.8, 4) is 0 Å². The number of guanidine groups is 1. The van der Waals surface area contributed by atoms with Crippen LogP contribution >= 0.6 is 0 Å². The second-order valence-corrected chi connectivity index (χ2v) is 4.73. The Balaban J connectivity index is 2.11. The van der Waals surface area contributed by atoms with Crippen LogP contribution in [-0.2, 0) is 19.4 Å². The maximum atomic E-state index is 11.9. The van der Waals surface area contributed by atoms with E-state index in [1.165, 1.54) is 0 Å². The highest BCUT2D eigenvalue weighted by atomic mass is 16.3. The van der Waals surface area contributed by atoms with Crippen molar-refractivity contribution < 1.29 is 5.11 Å². The normalized spacial score (nSPS) is 17.8. The van der Waals surface area contributed by atoms with E-state index in [2.05, 4.69) is 25.8 Å². The molecule has 0 aromatic carbocycles. The second-order valence-electron chi connectivity index (χ2n) is 4.73. The van der Waals surface area contributed by atoms with Crippen molar-refractivity contribution in [3.05, 3.63) is 27.2 Å². The molecular weight excluding hydrogens is 258 g/mol. The van der Waals surface area contributed by atoms with E-state index in [9.17, 15) is 4.79 Å². The molecule has 1 aromatic rings. The van der Waals surface area contributed by atoms with Crippen molar-refractivity contribution in [2.45, 2.75) is 39.3 Å². The zero-order valence-electron chi connectivity index (χ0n) is 11.9. The lowest BCUT2D eigenvalue weighted by Gasteiger charge is -2.13. The van der Waals surface area contributed by atoms with Crippen molar-refractivity contribution in [1.82, 2.24) is 20.8 Å². The Labute approximate surface area is 117 Å². The summed E-state index contributed by atoms with van der Waals surface area (Å²) < 4.78 is 0. The number of aromatic amines is 1. The van der Waals surface area contributed by atoms with Gasteiger partial charge < -0.3 is 15.7 Å². The number of H-pyrrole nitrogens is 1. The number of aliphatic hydroxyl groups excluding tert-OH is 1. The SMILES string of the molecule is CCc1n[nH]c(=O)c(CNC2=NC[C@@H](CO)N2)c1CC. The van der Waals surface area contributed by atoms with E-state index in [0.717, 1.165) is 24.1 Å². The highest BCUT2D eigenvalue weighted by Gasteiger charge is 2.17. The number of aryl methyl sites for hydroxylation is 1. The van der Waals surface area contributed by atoms with Gasteiger partial charge in [-0.3, -0.25) is 9.79 Å². The molecule has 0 spiro atoms. The lowest BCUT2D eigenvalue weighted by molar-refractivity contribution is 0.263. The zero-order valence-corrected chi connectivity index (χ0v) is 11.9. The van der Waals surface area contributed by atoms with Crippen LogP contribution in [-0.4, -0.2) is 40.5 Å². The molecule has 4 N–H and O–H groups in total. The van der Waals surface area contributed by atoms with Gasteiger partial charge in [-0.05, 0) is 18.4 Å². The molecule has 0 bridgehead atoms. The molecule has 0 saturated heterocycles. The molecule has 20 heavy (non-hydrogen) atoms. The fraction of sp³-hybridized carbons (Fsp3) is 0.615. The third-order valence-electron chi connectivity index (χ3n) is 3.43. The quantitative estimate of drug-likeness (QED) is 0.571. The maximum Gasteiger partial charge on any atom is 0.269 e. The molecule has 0 radical (unpaired) electrons. The molecule has 2 heterocycles. The van der Waals surface area contributed by atoms with E-state index in [-0.39, 0.29) is 18.2 Å². The average molecular weight is 279 g/mol. The molecule has 2 rings (SSSR count). The standard InChI is InChI=1S/C13H21N5O2/c1-3-9-10(12(20)18-17-11(9)4-2)6-15-13-14-5-8(7-19)16-13/h8,19H,3-7H2,1-2H3,(H,18,20)(H2,14,15,16)/t8-/m0/s1. The van der Waals surface area contributed by atoms with Crippen molar-refractivity contribution in [3.63, 3.8) is 0 Å². The fourth-order valence-electron chi connectivity index (χ4n) is 2.33. The summed E-state index contributed by atoms with van der Waals surface area (Å²) in [6, 6.07) is -0.0370. The number of aromatic nitrogens is 2. The summed E-state index contributed by atoms with van der Waals surface area (Å²) in [4.78, 5) is 16.2. The van der Waals surface area contributed by atoms with Crippen LogP contribution in [0.5, 0.6) is 0 Å². The van der Waals surface area contributed by atoms with Crippen molar-refractivity contribution >= 4 is 5.96 Å². The predicted octanol–water partition coefficient (Wildman–Crippen LogP) is -0.696. The second kappa shape index (κ2) is 6.51. The van der Waals surface area contributed by atoms with Crippen LogP contribution < -0.4 is 16.2 Å². The molecule has 110 valence electrons. The Morgan fingerprint density at radius 3 is 2.75 bits per heavy atom. The highest BCUT2D eigenvalue weighted by molar-refractivity contribution is 5.81. The number of hydrogen-bond acceptors (Lipinski definition) is 6. The summed E-state index contributed by atoms with van der Waals surface area (Å²) in [6.45, 7) is 5.03. The van der Waals surface area contributed by atoms with E-state index in [1.807, 2.05) is 13.8 Å². The average Bonchev–Trinajstić information content (AvgIpc) is 2.93. The summed E-state index contributed by atoms with van der Waals surface area (Å²) in [6.07, 6.45) is 1.56. The van der Waals surface area contributed by atoms with E-state index in [0.29, 0.717) is 24.6 Å². The highest BCUT2D eigenvalue weighted by Crippen LogP contribution is 2.10. The minimum absolute atomic E-state index is 0.0370. The summed E-state index contributed by atoms with van der Waals surface area (Å²) in [5, 5.41) is 21.8. The minimum Gasteiger partial charge on any atom is -0.394 e. The van der Waals surface area contributed by atoms with Gasteiger partial charge in [0.25, 0.3) is 5.56 Å². The van der Waals surface area contributed by atoms with Crippen molar-refractivity contribution in [2.75, 3.05) is 13.2 Å². The van der Waals surface area contributed by atoms with Gasteiger partial charge in [0.05, 0.1) is 24.9 Å². The van der Waals surface area contributed by atoms with E-state index in [1.54, 1.807) is 0 Å². The molecule has 7 nitrogen and oxygen atoms in total. The van der Waals surface area contributed by atoms with E-state index < -0.39 is 0 Å². The van der Waals surface area contributed by atoms with Gasteiger partial charge in [0.15, 0.2) is 5.96 Å². The smallest absolute Gasteiger partial charge is 0.269 e. The minimum atomic E-state index is -0.163. The first kappa shape index (κ1) is 14.5. The van der Waals surface area contributed by atoms with Gasteiger partial charge in [-0.2, -0.15) is 5.10 Å². The topological polar surface area (TPSA) is 102 Å². The maximum absolute atomic E-state index is 11.9. The molecule has 0 unspecified atom stereocenters. The Hall–Kier alpha value is -1.89. The van der Waals surface area contributed by atoms with Gasteiger partial charge in [0, 0.05) is 12.1 Å². The van der Waals surface area contributed by atoms with Crippen LogP contribution in [0.3, 0.4) is 0 Å². The first-order chi connectivity index (χ1) is 9.69. The molecule has 1 aromatic heterocycles. The molecular formula is C13H21N5O2. The van der Waals surface area contributed by atoms with Gasteiger partial charge in [-0.25, -0.2) is 5.10 Å². The Bertz CT molecular complexity index is 552. The van der Waals surface area contributed by atoms with Crippen molar-refractivity contribution in [2.24, 2.45) is 4.99 Å². The molecule has 7 heteroatoms. The number of aliphatic hydroxyl groups is 1. The van der Waals surface area contributed by atoms with Crippen LogP contribution in [0.4, 0.5) is 0 Å². The first-order valence-corrected chi connectivity index (χ1v) is 6.94. The van der Waals surface area contributed by atoms with E-state index >= 15 is 0 Å². The molecule has 1 atom stereocenters. The van der Waals surface area contributed by atoms with Crippen LogP contribution in [0.1, 0.15) is 30.7 Å². The lowest BCUT2D eigenvalue weighted by atomic mass is 10.0. The van der Waals surface area contributed by atoms with Gasteiger partial charge in [-0.15, -0.1) is 0 Å². The first-order valence-electron chi connectivity index (χ1n) is 6.94. The number of aliphatic imine (C=N–C) groups is 1. The van der Waals surface area contributed by atoms with Crippen LogP contribution in [0, 0.1) is 0 Å². The number of nitrogens with zero attached hydrogens (tertiary/aromatic N) is 2. The molecule has 0 aliphatic carbocycles. The van der Waals surface area contributed by atoms with Gasteiger partial charge in [-0.1, -0.05) is 13.8 Å².